The lowest BCUT2D eigenvalue weighted by Gasteiger charge is -2.17. The molecule has 2 atom stereocenters. The number of hydrogen-bond acceptors (Lipinski definition) is 3. The van der Waals surface area contributed by atoms with E-state index in [1.165, 1.54) is 11.6 Å². The zero-order valence-electron chi connectivity index (χ0n) is 11.2. The molecule has 0 aliphatic carbocycles. The zero-order chi connectivity index (χ0) is 13.4. The van der Waals surface area contributed by atoms with Crippen molar-refractivity contribution in [3.8, 4) is 0 Å². The summed E-state index contributed by atoms with van der Waals surface area (Å²) in [6.45, 7) is 6.31. The fourth-order valence-electron chi connectivity index (χ4n) is 1.70. The lowest BCUT2D eigenvalue weighted by atomic mass is 10.1. The van der Waals surface area contributed by atoms with Gasteiger partial charge in [0.05, 0.1) is 6.61 Å². The van der Waals surface area contributed by atoms with Gasteiger partial charge in [-0.3, -0.25) is 0 Å². The SMILES string of the molecule is CCOC(=O)/C=C/C(C)N[C@H](C)c1ccccc1. The second-order valence-electron chi connectivity index (χ2n) is 4.20. The fraction of sp³-hybridized carbons (Fsp3) is 0.400. The Morgan fingerprint density at radius 2 is 2.00 bits per heavy atom. The van der Waals surface area contributed by atoms with Gasteiger partial charge in [0.25, 0.3) is 0 Å². The Labute approximate surface area is 109 Å². The Morgan fingerprint density at radius 1 is 1.33 bits per heavy atom. The smallest absolute Gasteiger partial charge is 0.330 e. The summed E-state index contributed by atoms with van der Waals surface area (Å²) in [7, 11) is 0. The molecular weight excluding hydrogens is 226 g/mol. The Hall–Kier alpha value is -1.61. The third-order valence-electron chi connectivity index (χ3n) is 2.62. The van der Waals surface area contributed by atoms with Crippen molar-refractivity contribution in [2.75, 3.05) is 6.61 Å². The molecule has 98 valence electrons. The highest BCUT2D eigenvalue weighted by Gasteiger charge is 2.07. The van der Waals surface area contributed by atoms with E-state index in [0.717, 1.165) is 0 Å². The molecule has 3 heteroatoms. The molecule has 1 N–H and O–H groups in total. The average Bonchev–Trinajstić information content (AvgIpc) is 2.38. The number of ether oxygens (including phenoxy) is 1. The molecule has 0 amide bonds. The van der Waals surface area contributed by atoms with E-state index in [1.807, 2.05) is 31.2 Å². The van der Waals surface area contributed by atoms with Crippen molar-refractivity contribution in [3.05, 3.63) is 48.0 Å². The molecule has 0 fully saturated rings. The number of hydrogen-bond donors (Lipinski definition) is 1. The molecule has 0 saturated heterocycles. The molecule has 0 saturated carbocycles. The first kappa shape index (κ1) is 14.5. The summed E-state index contributed by atoms with van der Waals surface area (Å²) < 4.78 is 4.83. The van der Waals surface area contributed by atoms with Crippen LogP contribution in [0.1, 0.15) is 32.4 Å². The molecule has 1 unspecified atom stereocenters. The summed E-state index contributed by atoms with van der Waals surface area (Å²) >= 11 is 0. The first-order valence-corrected chi connectivity index (χ1v) is 6.29. The van der Waals surface area contributed by atoms with Crippen LogP contribution in [0.2, 0.25) is 0 Å². The third-order valence-corrected chi connectivity index (χ3v) is 2.62. The summed E-state index contributed by atoms with van der Waals surface area (Å²) in [6.07, 6.45) is 3.29. The Bertz CT molecular complexity index is 387. The summed E-state index contributed by atoms with van der Waals surface area (Å²) in [4.78, 5) is 11.2. The molecular formula is C15H21NO2. The standard InChI is InChI=1S/C15H21NO2/c1-4-18-15(17)11-10-12(2)16-13(3)14-8-6-5-7-9-14/h5-13,16H,4H2,1-3H3/b11-10+/t12?,13-/m1/s1. The van der Waals surface area contributed by atoms with E-state index in [2.05, 4.69) is 24.4 Å². The number of benzene rings is 1. The second-order valence-corrected chi connectivity index (χ2v) is 4.20. The van der Waals surface area contributed by atoms with Crippen molar-refractivity contribution in [2.24, 2.45) is 0 Å². The minimum Gasteiger partial charge on any atom is -0.463 e. The minimum atomic E-state index is -0.293. The highest BCUT2D eigenvalue weighted by molar-refractivity contribution is 5.81. The van der Waals surface area contributed by atoms with E-state index >= 15 is 0 Å². The van der Waals surface area contributed by atoms with Crippen molar-refractivity contribution in [3.63, 3.8) is 0 Å². The molecule has 0 aromatic heterocycles. The number of esters is 1. The molecule has 0 heterocycles. The molecule has 0 radical (unpaired) electrons. The lowest BCUT2D eigenvalue weighted by Crippen LogP contribution is -2.27. The van der Waals surface area contributed by atoms with Gasteiger partial charge in [0.1, 0.15) is 0 Å². The Morgan fingerprint density at radius 3 is 2.61 bits per heavy atom. The van der Waals surface area contributed by atoms with E-state index in [4.69, 9.17) is 4.74 Å². The van der Waals surface area contributed by atoms with Crippen LogP contribution in [0.4, 0.5) is 0 Å². The van der Waals surface area contributed by atoms with Gasteiger partial charge in [-0.05, 0) is 26.3 Å². The van der Waals surface area contributed by atoms with Crippen LogP contribution in [0.25, 0.3) is 0 Å². The maximum absolute atomic E-state index is 11.2. The van der Waals surface area contributed by atoms with Gasteiger partial charge in [-0.2, -0.15) is 0 Å². The summed E-state index contributed by atoms with van der Waals surface area (Å²) in [5, 5.41) is 3.40. The van der Waals surface area contributed by atoms with Crippen molar-refractivity contribution < 1.29 is 9.53 Å². The largest absolute Gasteiger partial charge is 0.463 e. The molecule has 1 aromatic rings. The zero-order valence-corrected chi connectivity index (χ0v) is 11.2. The second kappa shape index (κ2) is 7.67. The predicted octanol–water partition coefficient (Wildman–Crippen LogP) is 2.85. The first-order chi connectivity index (χ1) is 8.63. The number of rotatable bonds is 6. The molecule has 0 spiro atoms. The van der Waals surface area contributed by atoms with Crippen LogP contribution >= 0.6 is 0 Å². The first-order valence-electron chi connectivity index (χ1n) is 6.29. The Kier molecular flexibility index (Phi) is 6.15. The topological polar surface area (TPSA) is 38.3 Å². The summed E-state index contributed by atoms with van der Waals surface area (Å²) in [5.41, 5.74) is 1.23. The van der Waals surface area contributed by atoms with Gasteiger partial charge in [0.2, 0.25) is 0 Å². The van der Waals surface area contributed by atoms with Crippen LogP contribution < -0.4 is 5.32 Å². The lowest BCUT2D eigenvalue weighted by molar-refractivity contribution is -0.137. The van der Waals surface area contributed by atoms with E-state index in [0.29, 0.717) is 6.61 Å². The van der Waals surface area contributed by atoms with E-state index in [1.54, 1.807) is 6.92 Å². The van der Waals surface area contributed by atoms with Crippen LogP contribution in [0.5, 0.6) is 0 Å². The van der Waals surface area contributed by atoms with Crippen molar-refractivity contribution in [2.45, 2.75) is 32.9 Å². The van der Waals surface area contributed by atoms with Crippen molar-refractivity contribution >= 4 is 5.97 Å². The average molecular weight is 247 g/mol. The van der Waals surface area contributed by atoms with Crippen LogP contribution in [-0.2, 0) is 9.53 Å². The summed E-state index contributed by atoms with van der Waals surface area (Å²) in [5.74, 6) is -0.293. The molecule has 3 nitrogen and oxygen atoms in total. The van der Waals surface area contributed by atoms with E-state index in [-0.39, 0.29) is 18.1 Å². The van der Waals surface area contributed by atoms with Gasteiger partial charge < -0.3 is 10.1 Å². The van der Waals surface area contributed by atoms with E-state index in [9.17, 15) is 4.79 Å². The maximum Gasteiger partial charge on any atom is 0.330 e. The normalized spacial score (nSPS) is 14.4. The van der Waals surface area contributed by atoms with E-state index < -0.39 is 0 Å². The number of carbonyl (C=O) groups is 1. The van der Waals surface area contributed by atoms with Gasteiger partial charge in [-0.25, -0.2) is 4.79 Å². The minimum absolute atomic E-state index is 0.115. The molecule has 1 aromatic carbocycles. The van der Waals surface area contributed by atoms with Gasteiger partial charge in [0.15, 0.2) is 0 Å². The van der Waals surface area contributed by atoms with Crippen molar-refractivity contribution in [1.29, 1.82) is 0 Å². The monoisotopic (exact) mass is 247 g/mol. The molecule has 0 aliphatic heterocycles. The van der Waals surface area contributed by atoms with Crippen LogP contribution in [0.3, 0.4) is 0 Å². The van der Waals surface area contributed by atoms with Gasteiger partial charge in [-0.15, -0.1) is 0 Å². The highest BCUT2D eigenvalue weighted by Crippen LogP contribution is 2.12. The molecule has 0 bridgehead atoms. The van der Waals surface area contributed by atoms with Gasteiger partial charge >= 0.3 is 5.97 Å². The van der Waals surface area contributed by atoms with Crippen LogP contribution in [0.15, 0.2) is 42.5 Å². The Balaban J connectivity index is 2.45. The van der Waals surface area contributed by atoms with Crippen LogP contribution in [-0.4, -0.2) is 18.6 Å². The maximum atomic E-state index is 11.2. The van der Waals surface area contributed by atoms with Crippen LogP contribution in [0, 0.1) is 0 Å². The van der Waals surface area contributed by atoms with Crippen molar-refractivity contribution in [1.82, 2.24) is 5.32 Å². The van der Waals surface area contributed by atoms with Gasteiger partial charge in [0, 0.05) is 18.2 Å². The molecule has 1 rings (SSSR count). The fourth-order valence-corrected chi connectivity index (χ4v) is 1.70. The molecule has 18 heavy (non-hydrogen) atoms. The highest BCUT2D eigenvalue weighted by atomic mass is 16.5. The molecule has 0 aliphatic rings. The predicted molar refractivity (Wildman–Crippen MR) is 73.2 cm³/mol. The number of carbonyl (C=O) groups excluding carboxylic acids is 1. The summed E-state index contributed by atoms with van der Waals surface area (Å²) in [6, 6.07) is 10.6. The third kappa shape index (κ3) is 5.15. The quantitative estimate of drug-likeness (QED) is 0.620. The number of nitrogens with one attached hydrogen (secondary N) is 1. The van der Waals surface area contributed by atoms with Gasteiger partial charge in [-0.1, -0.05) is 36.4 Å².